The van der Waals surface area contributed by atoms with E-state index in [1.54, 1.807) is 63.1 Å². The van der Waals surface area contributed by atoms with Crippen molar-refractivity contribution in [1.29, 1.82) is 0 Å². The van der Waals surface area contributed by atoms with Gasteiger partial charge >= 0.3 is 303 Å². The molecule has 260 valence electrons. The molecule has 0 saturated carbocycles. The van der Waals surface area contributed by atoms with Gasteiger partial charge in [0.25, 0.3) is 0 Å². The molecule has 0 aliphatic carbocycles. The summed E-state index contributed by atoms with van der Waals surface area (Å²) in [6.07, 6.45) is 21.7. The third-order valence-corrected chi connectivity index (χ3v) is 15.0. The number of nitrogens with zero attached hydrogens (tertiary/aromatic N) is 2. The van der Waals surface area contributed by atoms with Crippen LogP contribution in [0.5, 0.6) is 0 Å². The molecule has 0 atom stereocenters. The second-order valence-corrected chi connectivity index (χ2v) is 18.3. The maximum absolute atomic E-state index is 2.89. The molecule has 8 rings (SSSR count). The van der Waals surface area contributed by atoms with Crippen LogP contribution in [0.15, 0.2) is 36.4 Å². The predicted molar refractivity (Wildman–Crippen MR) is 216 cm³/mol. The molecule has 3 heterocycles. The van der Waals surface area contributed by atoms with Gasteiger partial charge in [-0.2, -0.15) is 0 Å². The van der Waals surface area contributed by atoms with Crippen LogP contribution in [0.3, 0.4) is 0 Å². The number of hydrogen-bond donors (Lipinski definition) is 0. The van der Waals surface area contributed by atoms with Gasteiger partial charge in [0.15, 0.2) is 0 Å². The first-order valence-corrected chi connectivity index (χ1v) is 22.3. The fraction of sp³-hybridized carbons (Fsp3) is 0.565. The van der Waals surface area contributed by atoms with Crippen molar-refractivity contribution < 1.29 is 0 Å². The van der Waals surface area contributed by atoms with Gasteiger partial charge in [-0.3, -0.25) is 0 Å². The molecule has 2 aliphatic heterocycles. The Morgan fingerprint density at radius 3 is 1.18 bits per heavy atom. The van der Waals surface area contributed by atoms with Gasteiger partial charge in [-0.05, 0) is 0 Å². The summed E-state index contributed by atoms with van der Waals surface area (Å²) < 4.78 is 3.34. The van der Waals surface area contributed by atoms with E-state index in [1.165, 1.54) is 114 Å². The van der Waals surface area contributed by atoms with Crippen molar-refractivity contribution in [3.8, 4) is 0 Å². The van der Waals surface area contributed by atoms with E-state index in [4.69, 9.17) is 0 Å². The van der Waals surface area contributed by atoms with E-state index < -0.39 is 0 Å². The average Bonchev–Trinajstić information content (AvgIpc) is 3.49. The van der Waals surface area contributed by atoms with Crippen molar-refractivity contribution in [2.75, 3.05) is 0 Å². The second-order valence-electron chi connectivity index (χ2n) is 16.1. The van der Waals surface area contributed by atoms with Crippen LogP contribution in [-0.2, 0) is 26.2 Å². The van der Waals surface area contributed by atoms with E-state index in [0.717, 1.165) is 26.2 Å². The van der Waals surface area contributed by atoms with Gasteiger partial charge in [0.2, 0.25) is 0 Å². The molecule has 1 aromatic heterocycles. The van der Waals surface area contributed by atoms with Crippen molar-refractivity contribution in [1.82, 2.24) is 9.80 Å². The molecule has 0 fully saturated rings. The Bertz CT molecular complexity index is 1850. The molecule has 0 amide bonds. The molecule has 0 bridgehead atoms. The van der Waals surface area contributed by atoms with Crippen LogP contribution in [-0.4, -0.2) is 36.4 Å². The van der Waals surface area contributed by atoms with Gasteiger partial charge in [0, 0.05) is 0 Å². The SMILES string of the molecule is CCCCCC(CCCCC)N1Cc2ccc3c4ccc5c6c(cc7[se]c8cc(c2c3c8c7c64)C1)CN(C(CCCCC)CCCCC)C5. The van der Waals surface area contributed by atoms with Crippen molar-refractivity contribution >= 4 is 66.1 Å². The topological polar surface area (TPSA) is 6.48 Å². The van der Waals surface area contributed by atoms with E-state index in [1.807, 2.05) is 0 Å². The Labute approximate surface area is 302 Å². The fourth-order valence-electron chi connectivity index (χ4n) is 10.2. The van der Waals surface area contributed by atoms with Crippen LogP contribution >= 0.6 is 0 Å². The summed E-state index contributed by atoms with van der Waals surface area (Å²) in [6, 6.07) is 17.0. The number of benzene rings is 5. The zero-order valence-corrected chi connectivity index (χ0v) is 32.8. The van der Waals surface area contributed by atoms with Gasteiger partial charge in [0.05, 0.1) is 0 Å². The molecule has 49 heavy (non-hydrogen) atoms. The minimum absolute atomic E-state index is 0.374. The van der Waals surface area contributed by atoms with E-state index in [-0.39, 0.29) is 0 Å². The third-order valence-electron chi connectivity index (χ3n) is 12.7. The van der Waals surface area contributed by atoms with Crippen LogP contribution in [0.25, 0.3) is 51.6 Å². The van der Waals surface area contributed by atoms with Gasteiger partial charge in [-0.15, -0.1) is 0 Å². The normalized spacial score (nSPS) is 15.7. The van der Waals surface area contributed by atoms with E-state index >= 15 is 0 Å². The first-order chi connectivity index (χ1) is 24.1. The summed E-state index contributed by atoms with van der Waals surface area (Å²) in [5, 5.41) is 12.8. The Morgan fingerprint density at radius 1 is 0.449 bits per heavy atom. The molecule has 2 aliphatic rings. The summed E-state index contributed by atoms with van der Waals surface area (Å²) in [6.45, 7) is 13.9. The number of hydrogen-bond acceptors (Lipinski definition) is 2. The predicted octanol–water partition coefficient (Wildman–Crippen LogP) is 13.1. The standard InChI is InChI=1S/C46H60N2Se/c1-5-9-13-17-35(18-14-10-6-2)47-27-31-21-23-37-38-24-22-32-28-48(36(19-15-11-7-3)20-16-12-8-4)30-34-26-40-46(44(38)42(32)34)45-39(49-40)25-33(29-47)41(31)43(37)45/h21-26,35-36H,5-20,27-30H2,1-4H3. The quantitative estimate of drug-likeness (QED) is 0.0378. The van der Waals surface area contributed by atoms with Crippen molar-refractivity contribution in [3.63, 3.8) is 0 Å². The summed E-state index contributed by atoms with van der Waals surface area (Å²) in [7, 11) is 0. The molecule has 0 spiro atoms. The molecule has 0 N–H and O–H groups in total. The van der Waals surface area contributed by atoms with Crippen molar-refractivity contribution in [2.45, 2.75) is 169 Å². The van der Waals surface area contributed by atoms with Crippen molar-refractivity contribution in [3.05, 3.63) is 58.7 Å². The number of unbranched alkanes of at least 4 members (excludes halogenated alkanes) is 8. The van der Waals surface area contributed by atoms with E-state index in [2.05, 4.69) is 73.9 Å². The number of fused-ring (bicyclic) bond motifs is 1. The molecular weight excluding hydrogens is 659 g/mol. The molecule has 0 radical (unpaired) electrons. The molecule has 6 aromatic rings. The van der Waals surface area contributed by atoms with E-state index in [0.29, 0.717) is 26.6 Å². The Kier molecular flexibility index (Phi) is 10.3. The molecule has 0 unspecified atom stereocenters. The second kappa shape index (κ2) is 14.8. The zero-order chi connectivity index (χ0) is 33.5. The summed E-state index contributed by atoms with van der Waals surface area (Å²) in [4.78, 5) is 5.78. The van der Waals surface area contributed by atoms with E-state index in [9.17, 15) is 0 Å². The van der Waals surface area contributed by atoms with Crippen LogP contribution in [0.2, 0.25) is 0 Å². The van der Waals surface area contributed by atoms with Crippen LogP contribution in [0.4, 0.5) is 0 Å². The van der Waals surface area contributed by atoms with Crippen LogP contribution in [0.1, 0.15) is 153 Å². The fourth-order valence-corrected chi connectivity index (χ4v) is 12.8. The van der Waals surface area contributed by atoms with Crippen LogP contribution < -0.4 is 0 Å². The third kappa shape index (κ3) is 6.13. The molecule has 3 heteroatoms. The molecular formula is C46H60N2Se. The molecule has 5 aromatic carbocycles. The zero-order valence-electron chi connectivity index (χ0n) is 31.1. The Morgan fingerprint density at radius 2 is 0.816 bits per heavy atom. The monoisotopic (exact) mass is 720 g/mol. The Balaban J connectivity index is 1.21. The van der Waals surface area contributed by atoms with Crippen LogP contribution in [0, 0.1) is 0 Å². The number of rotatable bonds is 18. The van der Waals surface area contributed by atoms with Gasteiger partial charge in [-0.1, -0.05) is 0 Å². The maximum atomic E-state index is 2.89. The first-order valence-electron chi connectivity index (χ1n) is 20.5. The summed E-state index contributed by atoms with van der Waals surface area (Å²) >= 11 is 0.374. The average molecular weight is 720 g/mol. The summed E-state index contributed by atoms with van der Waals surface area (Å²) in [5.74, 6) is 0. The van der Waals surface area contributed by atoms with Gasteiger partial charge < -0.3 is 0 Å². The molecule has 0 saturated heterocycles. The van der Waals surface area contributed by atoms with Gasteiger partial charge in [0.1, 0.15) is 0 Å². The minimum atomic E-state index is 0.374. The summed E-state index contributed by atoms with van der Waals surface area (Å²) in [5.41, 5.74) is 6.41. The van der Waals surface area contributed by atoms with Crippen molar-refractivity contribution in [2.24, 2.45) is 0 Å². The Hall–Kier alpha value is -2.16. The van der Waals surface area contributed by atoms with Gasteiger partial charge in [-0.25, -0.2) is 0 Å². The molecule has 2 nitrogen and oxygen atoms in total. The first kappa shape index (κ1) is 34.0.